The van der Waals surface area contributed by atoms with Gasteiger partial charge in [0, 0.05) is 10.0 Å². The Morgan fingerprint density at radius 2 is 2.23 bits per heavy atom. The number of carboxylic acid groups (broad SMARTS) is 1. The van der Waals surface area contributed by atoms with Gasteiger partial charge in [0.1, 0.15) is 0 Å². The first kappa shape index (κ1) is 9.98. The SMILES string of the molecule is Nc1c(Br)ccc(CC(=O)O)c1F. The molecular weight excluding hydrogens is 241 g/mol. The van der Waals surface area contributed by atoms with Gasteiger partial charge in [0.15, 0.2) is 5.82 Å². The van der Waals surface area contributed by atoms with Crippen molar-refractivity contribution in [1.82, 2.24) is 0 Å². The van der Waals surface area contributed by atoms with Crippen LogP contribution in [0.3, 0.4) is 0 Å². The van der Waals surface area contributed by atoms with Crippen molar-refractivity contribution in [2.75, 3.05) is 5.73 Å². The van der Waals surface area contributed by atoms with Crippen LogP contribution in [0.15, 0.2) is 16.6 Å². The maximum Gasteiger partial charge on any atom is 0.307 e. The lowest BCUT2D eigenvalue weighted by molar-refractivity contribution is -0.136. The summed E-state index contributed by atoms with van der Waals surface area (Å²) in [6.07, 6.45) is -0.358. The monoisotopic (exact) mass is 247 g/mol. The molecule has 0 saturated heterocycles. The van der Waals surface area contributed by atoms with Gasteiger partial charge in [-0.1, -0.05) is 6.07 Å². The zero-order valence-corrected chi connectivity index (χ0v) is 8.14. The third-order valence-corrected chi connectivity index (χ3v) is 2.24. The van der Waals surface area contributed by atoms with E-state index in [4.69, 9.17) is 10.8 Å². The summed E-state index contributed by atoms with van der Waals surface area (Å²) in [5, 5.41) is 8.43. The molecule has 0 aliphatic rings. The number of hydrogen-bond acceptors (Lipinski definition) is 2. The Hall–Kier alpha value is -1.10. The van der Waals surface area contributed by atoms with E-state index in [0.29, 0.717) is 4.47 Å². The molecule has 3 nitrogen and oxygen atoms in total. The van der Waals surface area contributed by atoms with Gasteiger partial charge in [-0.05, 0) is 22.0 Å². The highest BCUT2D eigenvalue weighted by Crippen LogP contribution is 2.25. The number of carbonyl (C=O) groups is 1. The number of hydrogen-bond donors (Lipinski definition) is 2. The molecule has 5 heteroatoms. The molecule has 0 bridgehead atoms. The van der Waals surface area contributed by atoms with Crippen molar-refractivity contribution in [2.24, 2.45) is 0 Å². The van der Waals surface area contributed by atoms with Crippen molar-refractivity contribution in [3.8, 4) is 0 Å². The van der Waals surface area contributed by atoms with E-state index in [1.54, 1.807) is 0 Å². The summed E-state index contributed by atoms with van der Waals surface area (Å²) in [7, 11) is 0. The quantitative estimate of drug-likeness (QED) is 0.784. The number of anilines is 1. The predicted molar refractivity (Wildman–Crippen MR) is 49.9 cm³/mol. The molecule has 1 rings (SSSR count). The highest BCUT2D eigenvalue weighted by Gasteiger charge is 2.11. The maximum absolute atomic E-state index is 13.2. The fourth-order valence-corrected chi connectivity index (χ4v) is 1.22. The van der Waals surface area contributed by atoms with E-state index in [1.807, 2.05) is 0 Å². The van der Waals surface area contributed by atoms with Crippen LogP contribution in [0.25, 0.3) is 0 Å². The molecule has 0 saturated carbocycles. The van der Waals surface area contributed by atoms with Gasteiger partial charge in [0.25, 0.3) is 0 Å². The van der Waals surface area contributed by atoms with E-state index in [9.17, 15) is 9.18 Å². The van der Waals surface area contributed by atoms with Gasteiger partial charge in [-0.2, -0.15) is 0 Å². The lowest BCUT2D eigenvalue weighted by atomic mass is 10.1. The fourth-order valence-electron chi connectivity index (χ4n) is 0.914. The van der Waals surface area contributed by atoms with Gasteiger partial charge in [-0.25, -0.2) is 4.39 Å². The smallest absolute Gasteiger partial charge is 0.307 e. The van der Waals surface area contributed by atoms with E-state index < -0.39 is 11.8 Å². The zero-order chi connectivity index (χ0) is 10.0. The van der Waals surface area contributed by atoms with Crippen LogP contribution < -0.4 is 5.73 Å². The van der Waals surface area contributed by atoms with Gasteiger partial charge < -0.3 is 10.8 Å². The molecule has 1 aromatic carbocycles. The number of halogens is 2. The summed E-state index contributed by atoms with van der Waals surface area (Å²) >= 11 is 3.03. The summed E-state index contributed by atoms with van der Waals surface area (Å²) in [5.41, 5.74) is 5.38. The van der Waals surface area contributed by atoms with E-state index in [0.717, 1.165) is 0 Å². The molecular formula is C8H7BrFNO2. The van der Waals surface area contributed by atoms with E-state index in [2.05, 4.69) is 15.9 Å². The Morgan fingerprint density at radius 3 is 2.77 bits per heavy atom. The molecule has 0 unspecified atom stereocenters. The Morgan fingerprint density at radius 1 is 1.62 bits per heavy atom. The summed E-state index contributed by atoms with van der Waals surface area (Å²) < 4.78 is 13.6. The average Bonchev–Trinajstić information content (AvgIpc) is 2.06. The van der Waals surface area contributed by atoms with Crippen LogP contribution in [0, 0.1) is 5.82 Å². The number of rotatable bonds is 2. The Bertz CT molecular complexity index is 354. The van der Waals surface area contributed by atoms with Crippen LogP contribution in [-0.4, -0.2) is 11.1 Å². The summed E-state index contributed by atoms with van der Waals surface area (Å²) in [5.74, 6) is -1.75. The van der Waals surface area contributed by atoms with Crippen molar-refractivity contribution in [1.29, 1.82) is 0 Å². The van der Waals surface area contributed by atoms with Crippen LogP contribution >= 0.6 is 15.9 Å². The Kier molecular flexibility index (Phi) is 2.87. The molecule has 0 aliphatic carbocycles. The van der Waals surface area contributed by atoms with E-state index in [1.165, 1.54) is 12.1 Å². The fraction of sp³-hybridized carbons (Fsp3) is 0.125. The highest BCUT2D eigenvalue weighted by molar-refractivity contribution is 9.10. The molecule has 0 spiro atoms. The first-order valence-electron chi connectivity index (χ1n) is 3.46. The summed E-state index contributed by atoms with van der Waals surface area (Å²) in [4.78, 5) is 10.3. The lowest BCUT2D eigenvalue weighted by Gasteiger charge is -2.04. The average molecular weight is 248 g/mol. The van der Waals surface area contributed by atoms with Crippen molar-refractivity contribution < 1.29 is 14.3 Å². The zero-order valence-electron chi connectivity index (χ0n) is 6.55. The number of nitrogen functional groups attached to an aromatic ring is 1. The van der Waals surface area contributed by atoms with Crippen LogP contribution in [0.2, 0.25) is 0 Å². The Labute approximate surface area is 82.5 Å². The van der Waals surface area contributed by atoms with Crippen molar-refractivity contribution in [3.63, 3.8) is 0 Å². The second kappa shape index (κ2) is 3.74. The second-order valence-electron chi connectivity index (χ2n) is 2.50. The minimum Gasteiger partial charge on any atom is -0.481 e. The number of benzene rings is 1. The number of aliphatic carboxylic acids is 1. The first-order valence-corrected chi connectivity index (χ1v) is 4.26. The molecule has 0 heterocycles. The van der Waals surface area contributed by atoms with Gasteiger partial charge in [-0.15, -0.1) is 0 Å². The summed E-state index contributed by atoms with van der Waals surface area (Å²) in [6.45, 7) is 0. The minimum atomic E-state index is -1.08. The van der Waals surface area contributed by atoms with Crippen LogP contribution in [0.1, 0.15) is 5.56 Å². The van der Waals surface area contributed by atoms with Crippen LogP contribution in [-0.2, 0) is 11.2 Å². The van der Waals surface area contributed by atoms with Gasteiger partial charge in [0.05, 0.1) is 12.1 Å². The molecule has 0 fully saturated rings. The summed E-state index contributed by atoms with van der Waals surface area (Å²) in [6, 6.07) is 2.92. The van der Waals surface area contributed by atoms with E-state index >= 15 is 0 Å². The molecule has 70 valence electrons. The molecule has 0 aliphatic heterocycles. The topological polar surface area (TPSA) is 63.3 Å². The van der Waals surface area contributed by atoms with Gasteiger partial charge >= 0.3 is 5.97 Å². The number of carboxylic acids is 1. The molecule has 13 heavy (non-hydrogen) atoms. The van der Waals surface area contributed by atoms with Crippen molar-refractivity contribution in [3.05, 3.63) is 28.0 Å². The molecule has 0 radical (unpaired) electrons. The molecule has 3 N–H and O–H groups in total. The van der Waals surface area contributed by atoms with Crippen LogP contribution in [0.5, 0.6) is 0 Å². The lowest BCUT2D eigenvalue weighted by Crippen LogP contribution is -2.04. The Balaban J connectivity index is 3.10. The molecule has 0 atom stereocenters. The van der Waals surface area contributed by atoms with E-state index in [-0.39, 0.29) is 17.7 Å². The number of nitrogens with two attached hydrogens (primary N) is 1. The predicted octanol–water partition coefficient (Wildman–Crippen LogP) is 1.80. The van der Waals surface area contributed by atoms with Gasteiger partial charge in [-0.3, -0.25) is 4.79 Å². The highest BCUT2D eigenvalue weighted by atomic mass is 79.9. The normalized spacial score (nSPS) is 10.0. The van der Waals surface area contributed by atoms with Crippen LogP contribution in [0.4, 0.5) is 10.1 Å². The standard InChI is InChI=1S/C8H7BrFNO2/c9-5-2-1-4(3-6(12)13)7(10)8(5)11/h1-2H,3,11H2,(H,12,13). The second-order valence-corrected chi connectivity index (χ2v) is 3.36. The molecule has 0 amide bonds. The first-order chi connectivity index (χ1) is 6.02. The van der Waals surface area contributed by atoms with Crippen molar-refractivity contribution >= 4 is 27.6 Å². The maximum atomic E-state index is 13.2. The van der Waals surface area contributed by atoms with Gasteiger partial charge in [0.2, 0.25) is 0 Å². The third-order valence-electron chi connectivity index (χ3n) is 1.55. The minimum absolute atomic E-state index is 0.0567. The van der Waals surface area contributed by atoms with Crippen molar-refractivity contribution in [2.45, 2.75) is 6.42 Å². The molecule has 0 aromatic heterocycles. The molecule has 1 aromatic rings. The largest absolute Gasteiger partial charge is 0.481 e. The third kappa shape index (κ3) is 2.18.